The average Bonchev–Trinajstić information content (AvgIpc) is 2.77. The Morgan fingerprint density at radius 3 is 3.06 bits per heavy atom. The maximum Gasteiger partial charge on any atom is 0.191 e. The molecule has 0 radical (unpaired) electrons. The van der Waals surface area contributed by atoms with E-state index in [4.69, 9.17) is 9.47 Å². The lowest BCUT2D eigenvalue weighted by molar-refractivity contribution is -0.0128. The Bertz CT molecular complexity index is 242. The first-order valence-corrected chi connectivity index (χ1v) is 5.50. The van der Waals surface area contributed by atoms with Crippen molar-refractivity contribution in [2.75, 3.05) is 40.0 Å². The first-order valence-electron chi connectivity index (χ1n) is 5.50. The van der Waals surface area contributed by atoms with Crippen LogP contribution in [0.1, 0.15) is 12.8 Å². The number of nitrogens with one attached hydrogen (secondary N) is 2. The minimum absolute atomic E-state index is 0. The molecule has 0 aromatic rings. The van der Waals surface area contributed by atoms with Gasteiger partial charge in [-0.3, -0.25) is 4.99 Å². The number of ether oxygens (including phenoxy) is 2. The lowest BCUT2D eigenvalue weighted by Crippen LogP contribution is -2.49. The van der Waals surface area contributed by atoms with Crippen molar-refractivity contribution in [3.8, 4) is 0 Å². The maximum absolute atomic E-state index is 5.52. The van der Waals surface area contributed by atoms with Crippen LogP contribution in [0.15, 0.2) is 4.99 Å². The molecule has 2 heterocycles. The highest BCUT2D eigenvalue weighted by Gasteiger charge is 2.35. The number of hydrogen-bond acceptors (Lipinski definition) is 5. The van der Waals surface area contributed by atoms with Gasteiger partial charge in [-0.15, -0.1) is 24.0 Å². The second-order valence-corrected chi connectivity index (χ2v) is 4.05. The van der Waals surface area contributed by atoms with Crippen molar-refractivity contribution in [2.24, 2.45) is 4.99 Å². The molecule has 0 aliphatic carbocycles. The average molecular weight is 341 g/mol. The molecule has 5 nitrogen and oxygen atoms in total. The Morgan fingerprint density at radius 1 is 1.62 bits per heavy atom. The summed E-state index contributed by atoms with van der Waals surface area (Å²) < 4.78 is 10.9. The fraction of sp³-hybridized carbons (Fsp3) is 0.900. The fourth-order valence-electron chi connectivity index (χ4n) is 1.86. The summed E-state index contributed by atoms with van der Waals surface area (Å²) in [7, 11) is 1.74. The number of aliphatic imine (C=N–C) groups is 1. The van der Waals surface area contributed by atoms with Crippen LogP contribution in [0.25, 0.3) is 0 Å². The van der Waals surface area contributed by atoms with Gasteiger partial charge in [0.1, 0.15) is 5.60 Å². The van der Waals surface area contributed by atoms with Crippen LogP contribution in [0.3, 0.4) is 0 Å². The van der Waals surface area contributed by atoms with Gasteiger partial charge in [0, 0.05) is 39.8 Å². The van der Waals surface area contributed by atoms with Crippen LogP contribution in [0.5, 0.6) is 0 Å². The maximum atomic E-state index is 5.52. The van der Waals surface area contributed by atoms with Crippen molar-refractivity contribution >= 4 is 29.9 Å². The number of methoxy groups -OCH3 is 1. The molecule has 0 amide bonds. The summed E-state index contributed by atoms with van der Waals surface area (Å²) in [5, 5.41) is 6.52. The van der Waals surface area contributed by atoms with Crippen molar-refractivity contribution in [1.29, 1.82) is 0 Å². The van der Waals surface area contributed by atoms with Crippen LogP contribution >= 0.6 is 24.0 Å². The fourth-order valence-corrected chi connectivity index (χ4v) is 1.86. The molecule has 0 saturated carbocycles. The molecule has 2 aliphatic rings. The van der Waals surface area contributed by atoms with Crippen LogP contribution in [0.4, 0.5) is 0 Å². The van der Waals surface area contributed by atoms with E-state index in [-0.39, 0.29) is 29.6 Å². The number of nitrogens with zero attached hydrogens (tertiary/aromatic N) is 1. The molecule has 1 fully saturated rings. The largest absolute Gasteiger partial charge is 0.378 e. The van der Waals surface area contributed by atoms with E-state index < -0.39 is 0 Å². The highest BCUT2D eigenvalue weighted by molar-refractivity contribution is 14.0. The summed E-state index contributed by atoms with van der Waals surface area (Å²) in [6.45, 7) is 4.13. The Kier molecular flexibility index (Phi) is 5.77. The van der Waals surface area contributed by atoms with E-state index in [1.54, 1.807) is 7.11 Å². The summed E-state index contributed by atoms with van der Waals surface area (Å²) in [5.41, 5.74) is -0.165. The summed E-state index contributed by atoms with van der Waals surface area (Å²) in [6.07, 6.45) is 2.06. The highest BCUT2D eigenvalue weighted by atomic mass is 127. The molecule has 0 spiro atoms. The summed E-state index contributed by atoms with van der Waals surface area (Å²) >= 11 is 0. The number of guanidine groups is 1. The van der Waals surface area contributed by atoms with Gasteiger partial charge in [0.25, 0.3) is 0 Å². The van der Waals surface area contributed by atoms with Crippen LogP contribution in [-0.4, -0.2) is 51.5 Å². The molecule has 2 N–H and O–H groups in total. The number of hydrogen-bond donors (Lipinski definition) is 2. The quantitative estimate of drug-likeness (QED) is 0.728. The standard InChI is InChI=1S/C10H19N3O2.HI/c1-14-10(3-6-15-8-10)7-13-9-11-4-2-5-12-9;/h2-8H2,1H3,(H2,11,12,13);1H. The van der Waals surface area contributed by atoms with Gasteiger partial charge in [0.05, 0.1) is 6.61 Å². The van der Waals surface area contributed by atoms with E-state index in [1.165, 1.54) is 0 Å². The van der Waals surface area contributed by atoms with E-state index >= 15 is 0 Å². The first kappa shape index (κ1) is 14.0. The molecule has 1 atom stereocenters. The molecule has 0 aromatic heterocycles. The van der Waals surface area contributed by atoms with Gasteiger partial charge in [-0.2, -0.15) is 0 Å². The van der Waals surface area contributed by atoms with Crippen molar-refractivity contribution in [3.05, 3.63) is 0 Å². The molecule has 2 rings (SSSR count). The number of rotatable bonds is 3. The summed E-state index contributed by atoms with van der Waals surface area (Å²) in [5.74, 6) is 0.893. The van der Waals surface area contributed by atoms with Gasteiger partial charge < -0.3 is 20.1 Å². The third-order valence-corrected chi connectivity index (χ3v) is 2.98. The van der Waals surface area contributed by atoms with Gasteiger partial charge >= 0.3 is 0 Å². The minimum Gasteiger partial charge on any atom is -0.378 e. The zero-order valence-electron chi connectivity index (χ0n) is 9.62. The summed E-state index contributed by atoms with van der Waals surface area (Å²) in [6, 6.07) is 0. The van der Waals surface area contributed by atoms with Crippen LogP contribution in [-0.2, 0) is 9.47 Å². The van der Waals surface area contributed by atoms with Gasteiger partial charge in [-0.25, -0.2) is 0 Å². The molecule has 1 saturated heterocycles. The van der Waals surface area contributed by atoms with Gasteiger partial charge in [-0.05, 0) is 6.42 Å². The van der Waals surface area contributed by atoms with Crippen LogP contribution in [0, 0.1) is 0 Å². The second-order valence-electron chi connectivity index (χ2n) is 4.05. The first-order chi connectivity index (χ1) is 7.35. The van der Waals surface area contributed by atoms with E-state index in [1.807, 2.05) is 0 Å². The van der Waals surface area contributed by atoms with Crippen molar-refractivity contribution < 1.29 is 9.47 Å². The molecular weight excluding hydrogens is 321 g/mol. The topological polar surface area (TPSA) is 54.9 Å². The number of halogens is 1. The molecule has 2 aliphatic heterocycles. The molecule has 94 valence electrons. The van der Waals surface area contributed by atoms with Gasteiger partial charge in [0.2, 0.25) is 0 Å². The normalized spacial score (nSPS) is 28.9. The Balaban J connectivity index is 0.00000128. The van der Waals surface area contributed by atoms with Crippen LogP contribution in [0.2, 0.25) is 0 Å². The molecule has 1 unspecified atom stereocenters. The monoisotopic (exact) mass is 341 g/mol. The smallest absolute Gasteiger partial charge is 0.191 e. The molecule has 0 bridgehead atoms. The zero-order valence-corrected chi connectivity index (χ0v) is 12.0. The molecule has 6 heteroatoms. The Morgan fingerprint density at radius 2 is 2.50 bits per heavy atom. The lowest BCUT2D eigenvalue weighted by Gasteiger charge is -2.27. The second kappa shape index (κ2) is 6.61. The van der Waals surface area contributed by atoms with Gasteiger partial charge in [0.15, 0.2) is 5.96 Å². The Labute approximate surface area is 113 Å². The predicted molar refractivity (Wildman–Crippen MR) is 73.5 cm³/mol. The summed E-state index contributed by atoms with van der Waals surface area (Å²) in [4.78, 5) is 4.35. The van der Waals surface area contributed by atoms with Crippen molar-refractivity contribution in [1.82, 2.24) is 10.6 Å². The zero-order chi connectivity index (χ0) is 10.6. The molecule has 0 aromatic carbocycles. The van der Waals surface area contributed by atoms with E-state index in [2.05, 4.69) is 15.6 Å². The minimum atomic E-state index is -0.165. The third-order valence-electron chi connectivity index (χ3n) is 2.98. The Hall–Kier alpha value is -0.0800. The van der Waals surface area contributed by atoms with Crippen molar-refractivity contribution in [3.63, 3.8) is 0 Å². The highest BCUT2D eigenvalue weighted by Crippen LogP contribution is 2.21. The lowest BCUT2D eigenvalue weighted by atomic mass is 10.0. The SMILES string of the molecule is COC1(CNC2=NCCCN2)CCOC1.I. The molecular formula is C10H20IN3O2. The predicted octanol–water partition coefficient (Wildman–Crippen LogP) is 0.349. The third kappa shape index (κ3) is 3.46. The van der Waals surface area contributed by atoms with Gasteiger partial charge in [-0.1, -0.05) is 0 Å². The van der Waals surface area contributed by atoms with E-state index in [9.17, 15) is 0 Å². The molecule has 16 heavy (non-hydrogen) atoms. The van der Waals surface area contributed by atoms with Crippen LogP contribution < -0.4 is 10.6 Å². The van der Waals surface area contributed by atoms with Crippen molar-refractivity contribution in [2.45, 2.75) is 18.4 Å². The van der Waals surface area contributed by atoms with E-state index in [0.29, 0.717) is 6.61 Å². The van der Waals surface area contributed by atoms with E-state index in [0.717, 1.165) is 45.0 Å².